The lowest BCUT2D eigenvalue weighted by atomic mass is 10.3. The molecule has 1 aliphatic rings. The van der Waals surface area contributed by atoms with Gasteiger partial charge in [-0.15, -0.1) is 0 Å². The summed E-state index contributed by atoms with van der Waals surface area (Å²) in [4.78, 5) is 0. The minimum Gasteiger partial charge on any atom is -0.314 e. The Hall–Kier alpha value is -0.130. The number of hydrogen-bond donors (Lipinski definition) is 1. The zero-order chi connectivity index (χ0) is 7.61. The Kier molecular flexibility index (Phi) is 2.28. The fourth-order valence-corrected chi connectivity index (χ4v) is 1.62. The first-order valence-electron chi connectivity index (χ1n) is 3.17. The van der Waals surface area contributed by atoms with E-state index >= 15 is 0 Å². The fraction of sp³-hybridized carbons (Fsp3) is 1.00. The molecule has 5 heteroatoms. The monoisotopic (exact) mass is 165 g/mol. The van der Waals surface area contributed by atoms with Gasteiger partial charge >= 0.3 is 0 Å². The number of rotatable bonds is 2. The Balaban J connectivity index is 2.38. The molecule has 0 radical (unpaired) electrons. The van der Waals surface area contributed by atoms with Crippen molar-refractivity contribution in [2.24, 2.45) is 0 Å². The van der Waals surface area contributed by atoms with Crippen molar-refractivity contribution in [3.8, 4) is 0 Å². The van der Waals surface area contributed by atoms with Crippen LogP contribution in [0.4, 0.5) is 0 Å². The summed E-state index contributed by atoms with van der Waals surface area (Å²) in [7, 11) is -3.25. The van der Waals surface area contributed by atoms with Crippen LogP contribution >= 0.6 is 0 Å². The fourth-order valence-electron chi connectivity index (χ4n) is 0.957. The van der Waals surface area contributed by atoms with Crippen molar-refractivity contribution >= 4 is 10.1 Å². The van der Waals surface area contributed by atoms with E-state index in [1.807, 2.05) is 0 Å². The van der Waals surface area contributed by atoms with Crippen molar-refractivity contribution in [3.05, 3.63) is 0 Å². The highest BCUT2D eigenvalue weighted by atomic mass is 32.2. The van der Waals surface area contributed by atoms with E-state index < -0.39 is 10.1 Å². The van der Waals surface area contributed by atoms with E-state index in [4.69, 9.17) is 4.18 Å². The van der Waals surface area contributed by atoms with Gasteiger partial charge in [-0.3, -0.25) is 4.18 Å². The molecule has 1 rings (SSSR count). The second-order valence-corrected chi connectivity index (χ2v) is 4.02. The van der Waals surface area contributed by atoms with Gasteiger partial charge in [-0.2, -0.15) is 8.42 Å². The van der Waals surface area contributed by atoms with Crippen LogP contribution in [0.5, 0.6) is 0 Å². The maximum Gasteiger partial charge on any atom is 0.264 e. The molecular weight excluding hydrogens is 154 g/mol. The SMILES string of the molecule is CS(=O)(=O)OC1CCNC1. The molecule has 0 aromatic carbocycles. The molecule has 0 aliphatic carbocycles. The van der Waals surface area contributed by atoms with Crippen LogP contribution < -0.4 is 5.32 Å². The molecule has 0 bridgehead atoms. The maximum absolute atomic E-state index is 10.5. The molecule has 60 valence electrons. The van der Waals surface area contributed by atoms with Gasteiger partial charge in [-0.1, -0.05) is 0 Å². The minimum absolute atomic E-state index is 0.144. The summed E-state index contributed by atoms with van der Waals surface area (Å²) >= 11 is 0. The highest BCUT2D eigenvalue weighted by Crippen LogP contribution is 2.05. The summed E-state index contributed by atoms with van der Waals surface area (Å²) in [5, 5.41) is 3.01. The summed E-state index contributed by atoms with van der Waals surface area (Å²) in [5.74, 6) is 0. The van der Waals surface area contributed by atoms with Gasteiger partial charge in [0.05, 0.1) is 12.4 Å². The lowest BCUT2D eigenvalue weighted by Crippen LogP contribution is -2.19. The third kappa shape index (κ3) is 2.64. The molecule has 1 unspecified atom stereocenters. The number of nitrogens with one attached hydrogen (secondary N) is 1. The van der Waals surface area contributed by atoms with E-state index in [2.05, 4.69) is 5.32 Å². The normalized spacial score (nSPS) is 27.1. The molecule has 1 atom stereocenters. The molecule has 1 N–H and O–H groups in total. The molecule has 1 aliphatic heterocycles. The third-order valence-corrected chi connectivity index (χ3v) is 1.95. The quantitative estimate of drug-likeness (QED) is 0.551. The van der Waals surface area contributed by atoms with Gasteiger partial charge < -0.3 is 5.32 Å². The second kappa shape index (κ2) is 2.86. The van der Waals surface area contributed by atoms with Crippen molar-refractivity contribution in [2.45, 2.75) is 12.5 Å². The van der Waals surface area contributed by atoms with Gasteiger partial charge in [-0.05, 0) is 13.0 Å². The second-order valence-electron chi connectivity index (χ2n) is 2.42. The third-order valence-electron chi connectivity index (χ3n) is 1.33. The Morgan fingerprint density at radius 1 is 1.60 bits per heavy atom. The van der Waals surface area contributed by atoms with E-state index in [1.54, 1.807) is 0 Å². The lowest BCUT2D eigenvalue weighted by Gasteiger charge is -2.05. The van der Waals surface area contributed by atoms with Crippen LogP contribution in [-0.2, 0) is 14.3 Å². The van der Waals surface area contributed by atoms with Crippen LogP contribution in [0.25, 0.3) is 0 Å². The van der Waals surface area contributed by atoms with E-state index in [9.17, 15) is 8.42 Å². The molecule has 0 aromatic heterocycles. The average molecular weight is 165 g/mol. The van der Waals surface area contributed by atoms with E-state index in [0.717, 1.165) is 19.2 Å². The van der Waals surface area contributed by atoms with Crippen LogP contribution in [0.2, 0.25) is 0 Å². The van der Waals surface area contributed by atoms with Crippen molar-refractivity contribution in [3.63, 3.8) is 0 Å². The van der Waals surface area contributed by atoms with Gasteiger partial charge in [0, 0.05) is 6.54 Å². The first kappa shape index (κ1) is 7.97. The molecule has 1 heterocycles. The molecule has 0 amide bonds. The molecular formula is C5H11NO3S. The van der Waals surface area contributed by atoms with Gasteiger partial charge in [0.25, 0.3) is 10.1 Å². The highest BCUT2D eigenvalue weighted by molar-refractivity contribution is 7.86. The molecule has 0 saturated carbocycles. The standard InChI is InChI=1S/C5H11NO3S/c1-10(7,8)9-5-2-3-6-4-5/h5-6H,2-4H2,1H3. The van der Waals surface area contributed by atoms with Crippen molar-refractivity contribution < 1.29 is 12.6 Å². The smallest absolute Gasteiger partial charge is 0.264 e. The van der Waals surface area contributed by atoms with Gasteiger partial charge in [0.2, 0.25) is 0 Å². The highest BCUT2D eigenvalue weighted by Gasteiger charge is 2.18. The number of hydrogen-bond acceptors (Lipinski definition) is 4. The zero-order valence-corrected chi connectivity index (χ0v) is 6.65. The minimum atomic E-state index is -3.25. The van der Waals surface area contributed by atoms with Crippen molar-refractivity contribution in [1.82, 2.24) is 5.32 Å². The lowest BCUT2D eigenvalue weighted by molar-refractivity contribution is 0.232. The summed E-state index contributed by atoms with van der Waals surface area (Å²) in [6.07, 6.45) is 1.72. The van der Waals surface area contributed by atoms with Crippen LogP contribution in [0, 0.1) is 0 Å². The molecule has 0 spiro atoms. The van der Waals surface area contributed by atoms with Crippen LogP contribution in [0.15, 0.2) is 0 Å². The maximum atomic E-state index is 10.5. The average Bonchev–Trinajstić information content (AvgIpc) is 2.12. The Morgan fingerprint density at radius 2 is 2.30 bits per heavy atom. The summed E-state index contributed by atoms with van der Waals surface area (Å²) < 4.78 is 25.8. The van der Waals surface area contributed by atoms with Crippen molar-refractivity contribution in [1.29, 1.82) is 0 Å². The molecule has 10 heavy (non-hydrogen) atoms. The largest absolute Gasteiger partial charge is 0.314 e. The predicted octanol–water partition coefficient (Wildman–Crippen LogP) is -0.675. The Labute approximate surface area is 60.7 Å². The molecule has 0 aromatic rings. The van der Waals surface area contributed by atoms with Gasteiger partial charge in [0.15, 0.2) is 0 Å². The summed E-state index contributed by atoms with van der Waals surface area (Å²) in [6.45, 7) is 1.49. The molecule has 1 fully saturated rings. The van der Waals surface area contributed by atoms with E-state index in [0.29, 0.717) is 6.54 Å². The summed E-state index contributed by atoms with van der Waals surface area (Å²) in [5.41, 5.74) is 0. The van der Waals surface area contributed by atoms with E-state index in [1.165, 1.54) is 0 Å². The van der Waals surface area contributed by atoms with Crippen LogP contribution in [-0.4, -0.2) is 33.9 Å². The summed E-state index contributed by atoms with van der Waals surface area (Å²) in [6, 6.07) is 0. The van der Waals surface area contributed by atoms with Gasteiger partial charge in [-0.25, -0.2) is 0 Å². The van der Waals surface area contributed by atoms with Gasteiger partial charge in [0.1, 0.15) is 0 Å². The zero-order valence-electron chi connectivity index (χ0n) is 5.83. The van der Waals surface area contributed by atoms with Crippen molar-refractivity contribution in [2.75, 3.05) is 19.3 Å². The molecule has 1 saturated heterocycles. The van der Waals surface area contributed by atoms with Crippen LogP contribution in [0.1, 0.15) is 6.42 Å². The molecule has 4 nitrogen and oxygen atoms in total. The topological polar surface area (TPSA) is 55.4 Å². The van der Waals surface area contributed by atoms with Crippen LogP contribution in [0.3, 0.4) is 0 Å². The van der Waals surface area contributed by atoms with E-state index in [-0.39, 0.29) is 6.10 Å². The first-order chi connectivity index (χ1) is 4.58. The Bertz CT molecular complexity index is 193. The Morgan fingerprint density at radius 3 is 2.70 bits per heavy atom. The first-order valence-corrected chi connectivity index (χ1v) is 4.98. The predicted molar refractivity (Wildman–Crippen MR) is 37.2 cm³/mol.